The van der Waals surface area contributed by atoms with Gasteiger partial charge < -0.3 is 0 Å². The van der Waals surface area contributed by atoms with Gasteiger partial charge in [0.05, 0.1) is 32.0 Å². The Hall–Kier alpha value is -1.81. The van der Waals surface area contributed by atoms with Crippen LogP contribution in [0, 0.1) is 6.92 Å². The van der Waals surface area contributed by atoms with E-state index in [2.05, 4.69) is 21.0 Å². The van der Waals surface area contributed by atoms with E-state index in [9.17, 15) is 4.79 Å². The largest absolute Gasteiger partial charge is 0.333 e. The summed E-state index contributed by atoms with van der Waals surface area (Å²) in [4.78, 5) is 12.7. The van der Waals surface area contributed by atoms with Gasteiger partial charge in [-0.3, -0.25) is 14.0 Å². The van der Waals surface area contributed by atoms with Gasteiger partial charge in [-0.05, 0) is 26.0 Å². The molecule has 19 heavy (non-hydrogen) atoms. The summed E-state index contributed by atoms with van der Waals surface area (Å²) in [6.45, 7) is 4.99. The number of rotatable bonds is 3. The van der Waals surface area contributed by atoms with Crippen molar-refractivity contribution in [3.05, 3.63) is 46.4 Å². The van der Waals surface area contributed by atoms with Crippen LogP contribution in [0.1, 0.15) is 12.6 Å². The van der Waals surface area contributed by atoms with Crippen LogP contribution in [0.15, 0.2) is 35.1 Å². The number of hydrogen-bond donors (Lipinski definition) is 0. The molecule has 1 aromatic heterocycles. The topological polar surface area (TPSA) is 26.9 Å². The molecule has 0 N–H and O–H groups in total. The zero-order chi connectivity index (χ0) is 14.2. The fourth-order valence-corrected chi connectivity index (χ4v) is 2.41. The van der Waals surface area contributed by atoms with E-state index in [1.165, 1.54) is 0 Å². The SMILES string of the molecule is CC[N+](C)(C)c1c(C)n(C)n(-c2ccccc2)c1=O. The third-order valence-electron chi connectivity index (χ3n) is 3.92. The van der Waals surface area contributed by atoms with Crippen LogP contribution in [0.5, 0.6) is 0 Å². The van der Waals surface area contributed by atoms with Gasteiger partial charge in [-0.25, -0.2) is 4.68 Å². The molecule has 0 aliphatic carbocycles. The molecule has 0 atom stereocenters. The van der Waals surface area contributed by atoms with Crippen LogP contribution in [0.25, 0.3) is 5.69 Å². The van der Waals surface area contributed by atoms with E-state index in [1.807, 2.05) is 49.0 Å². The molecular weight excluding hydrogens is 238 g/mol. The normalized spacial score (nSPS) is 11.8. The molecule has 0 spiro atoms. The number of benzene rings is 1. The Labute approximate surface area is 114 Å². The molecule has 0 bridgehead atoms. The van der Waals surface area contributed by atoms with Crippen molar-refractivity contribution < 1.29 is 0 Å². The summed E-state index contributed by atoms with van der Waals surface area (Å²) < 4.78 is 4.27. The van der Waals surface area contributed by atoms with Crippen molar-refractivity contribution >= 4 is 5.69 Å². The molecular formula is C15H22N3O+. The van der Waals surface area contributed by atoms with E-state index in [0.717, 1.165) is 23.6 Å². The molecule has 0 amide bonds. The summed E-state index contributed by atoms with van der Waals surface area (Å²) in [5, 5.41) is 0. The van der Waals surface area contributed by atoms with Crippen molar-refractivity contribution in [2.45, 2.75) is 13.8 Å². The number of nitrogens with zero attached hydrogens (tertiary/aromatic N) is 3. The highest BCUT2D eigenvalue weighted by molar-refractivity contribution is 5.47. The zero-order valence-corrected chi connectivity index (χ0v) is 12.3. The molecule has 0 saturated heterocycles. The fourth-order valence-electron chi connectivity index (χ4n) is 2.41. The molecule has 102 valence electrons. The number of aromatic nitrogens is 2. The Morgan fingerprint density at radius 2 is 1.74 bits per heavy atom. The Kier molecular flexibility index (Phi) is 3.37. The van der Waals surface area contributed by atoms with E-state index < -0.39 is 0 Å². The molecule has 0 radical (unpaired) electrons. The maximum atomic E-state index is 12.7. The summed E-state index contributed by atoms with van der Waals surface area (Å²) in [5.74, 6) is 0. The molecule has 1 heterocycles. The maximum Gasteiger partial charge on any atom is 0.333 e. The first-order chi connectivity index (χ1) is 8.90. The van der Waals surface area contributed by atoms with Crippen LogP contribution in [0.4, 0.5) is 5.69 Å². The van der Waals surface area contributed by atoms with Gasteiger partial charge in [0.1, 0.15) is 0 Å². The molecule has 0 saturated carbocycles. The first-order valence-electron chi connectivity index (χ1n) is 6.57. The monoisotopic (exact) mass is 260 g/mol. The Morgan fingerprint density at radius 3 is 2.26 bits per heavy atom. The molecule has 0 fully saturated rings. The quantitative estimate of drug-likeness (QED) is 0.776. The standard InChI is InChI=1S/C15H22N3O/c1-6-18(4,5)14-12(2)16(3)17(15(14)19)13-10-8-7-9-11-13/h7-11H,6H2,1-5H3/q+1. The lowest BCUT2D eigenvalue weighted by Gasteiger charge is -2.25. The Bertz CT molecular complexity index is 635. The Balaban J connectivity index is 2.74. The second-order valence-corrected chi connectivity index (χ2v) is 5.41. The lowest BCUT2D eigenvalue weighted by molar-refractivity contribution is 0.416. The van der Waals surface area contributed by atoms with Gasteiger partial charge in [0.25, 0.3) is 0 Å². The first kappa shape index (κ1) is 13.6. The summed E-state index contributed by atoms with van der Waals surface area (Å²) >= 11 is 0. The van der Waals surface area contributed by atoms with Crippen molar-refractivity contribution in [1.29, 1.82) is 0 Å². The van der Waals surface area contributed by atoms with E-state index >= 15 is 0 Å². The summed E-state index contributed by atoms with van der Waals surface area (Å²) in [6.07, 6.45) is 0. The van der Waals surface area contributed by atoms with Gasteiger partial charge in [0.2, 0.25) is 5.69 Å². The minimum absolute atomic E-state index is 0.0676. The average Bonchev–Trinajstić information content (AvgIpc) is 2.62. The maximum absolute atomic E-state index is 12.7. The van der Waals surface area contributed by atoms with Gasteiger partial charge in [-0.15, -0.1) is 0 Å². The van der Waals surface area contributed by atoms with Crippen molar-refractivity contribution in [3.63, 3.8) is 0 Å². The highest BCUT2D eigenvalue weighted by Gasteiger charge is 2.29. The summed E-state index contributed by atoms with van der Waals surface area (Å²) in [6, 6.07) is 9.76. The van der Waals surface area contributed by atoms with E-state index in [-0.39, 0.29) is 5.56 Å². The predicted molar refractivity (Wildman–Crippen MR) is 79.9 cm³/mol. The minimum atomic E-state index is 0.0676. The fraction of sp³-hybridized carbons (Fsp3) is 0.400. The van der Waals surface area contributed by atoms with Crippen LogP contribution in [0.2, 0.25) is 0 Å². The molecule has 2 rings (SSSR count). The lowest BCUT2D eigenvalue weighted by atomic mass is 10.3. The van der Waals surface area contributed by atoms with Crippen molar-refractivity contribution in [2.24, 2.45) is 7.05 Å². The minimum Gasteiger partial charge on any atom is -0.290 e. The van der Waals surface area contributed by atoms with Crippen molar-refractivity contribution in [3.8, 4) is 5.69 Å². The predicted octanol–water partition coefficient (Wildman–Crippen LogP) is 2.07. The second-order valence-electron chi connectivity index (χ2n) is 5.41. The second kappa shape index (κ2) is 4.70. The first-order valence-corrected chi connectivity index (χ1v) is 6.57. The van der Waals surface area contributed by atoms with Crippen LogP contribution in [0.3, 0.4) is 0 Å². The molecule has 0 aliphatic heterocycles. The van der Waals surface area contributed by atoms with E-state index in [4.69, 9.17) is 0 Å². The lowest BCUT2D eigenvalue weighted by Crippen LogP contribution is -2.43. The highest BCUT2D eigenvalue weighted by Crippen LogP contribution is 2.21. The molecule has 4 nitrogen and oxygen atoms in total. The highest BCUT2D eigenvalue weighted by atomic mass is 16.1. The molecule has 2 aromatic rings. The van der Waals surface area contributed by atoms with E-state index in [1.54, 1.807) is 4.68 Å². The number of para-hydroxylation sites is 1. The summed E-state index contributed by atoms with van der Waals surface area (Å²) in [7, 11) is 6.07. The van der Waals surface area contributed by atoms with Crippen molar-refractivity contribution in [1.82, 2.24) is 13.8 Å². The molecule has 0 unspecified atom stereocenters. The van der Waals surface area contributed by atoms with Crippen LogP contribution in [-0.4, -0.2) is 30.0 Å². The zero-order valence-electron chi connectivity index (χ0n) is 12.3. The van der Waals surface area contributed by atoms with Crippen molar-refractivity contribution in [2.75, 3.05) is 20.6 Å². The Morgan fingerprint density at radius 1 is 1.16 bits per heavy atom. The van der Waals surface area contributed by atoms with E-state index in [0.29, 0.717) is 4.48 Å². The van der Waals surface area contributed by atoms with Gasteiger partial charge in [-0.2, -0.15) is 0 Å². The van der Waals surface area contributed by atoms with Gasteiger partial charge in [-0.1, -0.05) is 18.2 Å². The van der Waals surface area contributed by atoms with Crippen LogP contribution >= 0.6 is 0 Å². The molecule has 0 aliphatic rings. The van der Waals surface area contributed by atoms with Crippen LogP contribution < -0.4 is 10.0 Å². The number of hydrogen-bond acceptors (Lipinski definition) is 1. The van der Waals surface area contributed by atoms with Gasteiger partial charge >= 0.3 is 5.56 Å². The van der Waals surface area contributed by atoms with Crippen LogP contribution in [-0.2, 0) is 7.05 Å². The number of quaternary nitrogens is 1. The third-order valence-corrected chi connectivity index (χ3v) is 3.92. The third kappa shape index (κ3) is 2.12. The molecule has 4 heteroatoms. The smallest absolute Gasteiger partial charge is 0.290 e. The average molecular weight is 260 g/mol. The molecule has 1 aromatic carbocycles. The van der Waals surface area contributed by atoms with Gasteiger partial charge in [0, 0.05) is 7.05 Å². The van der Waals surface area contributed by atoms with Gasteiger partial charge in [0.15, 0.2) is 0 Å². The summed E-state index contributed by atoms with van der Waals surface area (Å²) in [5.41, 5.74) is 2.84.